The van der Waals surface area contributed by atoms with Crippen LogP contribution in [0.25, 0.3) is 6.08 Å². The Labute approximate surface area is 144 Å². The summed E-state index contributed by atoms with van der Waals surface area (Å²) in [5.41, 5.74) is 3.26. The predicted molar refractivity (Wildman–Crippen MR) is 97.1 cm³/mol. The molecule has 0 radical (unpaired) electrons. The van der Waals surface area contributed by atoms with Gasteiger partial charge in [-0.2, -0.15) is 0 Å². The number of carbonyl (C=O) groups is 1. The van der Waals surface area contributed by atoms with Crippen LogP contribution in [-0.4, -0.2) is 24.8 Å². The fourth-order valence-corrected chi connectivity index (χ4v) is 1.97. The van der Waals surface area contributed by atoms with Crippen LogP contribution in [0.3, 0.4) is 0 Å². The predicted octanol–water partition coefficient (Wildman–Crippen LogP) is 4.65. The number of esters is 1. The van der Waals surface area contributed by atoms with E-state index in [1.807, 2.05) is 13.0 Å². The number of phenols is 1. The molecule has 0 heterocycles. The molecule has 0 aliphatic rings. The van der Waals surface area contributed by atoms with E-state index in [0.29, 0.717) is 5.75 Å². The van der Waals surface area contributed by atoms with Crippen LogP contribution in [-0.2, 0) is 9.53 Å². The summed E-state index contributed by atoms with van der Waals surface area (Å²) in [6.07, 6.45) is 9.06. The first-order valence-corrected chi connectivity index (χ1v) is 7.93. The van der Waals surface area contributed by atoms with Gasteiger partial charge in [-0.1, -0.05) is 23.3 Å². The smallest absolute Gasteiger partial charge is 0.331 e. The molecule has 24 heavy (non-hydrogen) atoms. The molecule has 0 atom stereocenters. The Morgan fingerprint density at radius 3 is 2.62 bits per heavy atom. The molecule has 1 aromatic rings. The Kier molecular flexibility index (Phi) is 8.41. The fourth-order valence-electron chi connectivity index (χ4n) is 1.97. The highest BCUT2D eigenvalue weighted by Gasteiger charge is 2.01. The van der Waals surface area contributed by atoms with Gasteiger partial charge in [0.1, 0.15) is 6.61 Å². The SMILES string of the molecule is COc1cc(/C=C/C(=O)OC/C=C(/C)CCC=C(C)C)ccc1O. The Bertz CT molecular complexity index is 635. The summed E-state index contributed by atoms with van der Waals surface area (Å²) >= 11 is 0. The van der Waals surface area contributed by atoms with Gasteiger partial charge in [0.25, 0.3) is 0 Å². The van der Waals surface area contributed by atoms with Crippen LogP contribution >= 0.6 is 0 Å². The second-order valence-electron chi connectivity index (χ2n) is 5.77. The minimum Gasteiger partial charge on any atom is -0.504 e. The third kappa shape index (κ3) is 7.68. The summed E-state index contributed by atoms with van der Waals surface area (Å²) in [7, 11) is 1.48. The lowest BCUT2D eigenvalue weighted by atomic mass is 10.1. The van der Waals surface area contributed by atoms with Crippen molar-refractivity contribution in [2.24, 2.45) is 0 Å². The van der Waals surface area contributed by atoms with E-state index in [2.05, 4.69) is 19.9 Å². The molecule has 0 spiro atoms. The van der Waals surface area contributed by atoms with Gasteiger partial charge in [0.2, 0.25) is 0 Å². The summed E-state index contributed by atoms with van der Waals surface area (Å²) < 4.78 is 10.2. The van der Waals surface area contributed by atoms with Gasteiger partial charge < -0.3 is 14.6 Å². The average Bonchev–Trinajstić information content (AvgIpc) is 2.53. The Morgan fingerprint density at radius 1 is 1.21 bits per heavy atom. The summed E-state index contributed by atoms with van der Waals surface area (Å²) in [5.74, 6) is 0.0155. The lowest BCUT2D eigenvalue weighted by molar-refractivity contribution is -0.136. The zero-order chi connectivity index (χ0) is 17.9. The van der Waals surface area contributed by atoms with Crippen molar-refractivity contribution in [1.29, 1.82) is 0 Å². The summed E-state index contributed by atoms with van der Waals surface area (Å²) in [6, 6.07) is 4.85. The number of rotatable bonds is 8. The molecule has 0 aliphatic heterocycles. The van der Waals surface area contributed by atoms with Crippen LogP contribution in [0.5, 0.6) is 11.5 Å². The molecular formula is C20H26O4. The van der Waals surface area contributed by atoms with E-state index in [9.17, 15) is 9.90 Å². The molecule has 1 rings (SSSR count). The molecule has 0 saturated heterocycles. The van der Waals surface area contributed by atoms with E-state index in [4.69, 9.17) is 9.47 Å². The number of hydrogen-bond donors (Lipinski definition) is 1. The van der Waals surface area contributed by atoms with E-state index < -0.39 is 5.97 Å². The Morgan fingerprint density at radius 2 is 1.96 bits per heavy atom. The number of ether oxygens (including phenoxy) is 2. The van der Waals surface area contributed by atoms with Gasteiger partial charge in [-0.25, -0.2) is 4.79 Å². The highest BCUT2D eigenvalue weighted by molar-refractivity contribution is 5.87. The first kappa shape index (κ1) is 19.6. The van der Waals surface area contributed by atoms with Gasteiger partial charge >= 0.3 is 5.97 Å². The van der Waals surface area contributed by atoms with E-state index >= 15 is 0 Å². The molecule has 1 aromatic carbocycles. The van der Waals surface area contributed by atoms with Crippen LogP contribution in [0.2, 0.25) is 0 Å². The molecule has 4 nitrogen and oxygen atoms in total. The molecule has 0 aliphatic carbocycles. The van der Waals surface area contributed by atoms with Crippen molar-refractivity contribution in [2.75, 3.05) is 13.7 Å². The highest BCUT2D eigenvalue weighted by Crippen LogP contribution is 2.26. The van der Waals surface area contributed by atoms with Crippen molar-refractivity contribution in [1.82, 2.24) is 0 Å². The largest absolute Gasteiger partial charge is 0.504 e. The van der Waals surface area contributed by atoms with Crippen LogP contribution in [0, 0.1) is 0 Å². The lowest BCUT2D eigenvalue weighted by Gasteiger charge is -2.03. The lowest BCUT2D eigenvalue weighted by Crippen LogP contribution is -2.00. The van der Waals surface area contributed by atoms with Crippen LogP contribution in [0.1, 0.15) is 39.2 Å². The number of benzene rings is 1. The Balaban J connectivity index is 2.44. The second-order valence-corrected chi connectivity index (χ2v) is 5.77. The Hall–Kier alpha value is -2.49. The fraction of sp³-hybridized carbons (Fsp3) is 0.350. The van der Waals surface area contributed by atoms with E-state index in [-0.39, 0.29) is 12.4 Å². The number of methoxy groups -OCH3 is 1. The third-order valence-electron chi connectivity index (χ3n) is 3.36. The maximum atomic E-state index is 11.7. The van der Waals surface area contributed by atoms with Crippen molar-refractivity contribution >= 4 is 12.0 Å². The first-order valence-electron chi connectivity index (χ1n) is 7.93. The molecule has 0 bridgehead atoms. The van der Waals surface area contributed by atoms with Crippen molar-refractivity contribution in [3.63, 3.8) is 0 Å². The van der Waals surface area contributed by atoms with Crippen LogP contribution in [0.4, 0.5) is 0 Å². The monoisotopic (exact) mass is 330 g/mol. The molecule has 0 saturated carbocycles. The maximum Gasteiger partial charge on any atom is 0.331 e. The zero-order valence-electron chi connectivity index (χ0n) is 14.8. The van der Waals surface area contributed by atoms with E-state index in [0.717, 1.165) is 18.4 Å². The molecule has 0 fully saturated rings. The van der Waals surface area contributed by atoms with Gasteiger partial charge in [-0.05, 0) is 63.5 Å². The number of allylic oxidation sites excluding steroid dienone is 3. The van der Waals surface area contributed by atoms with Crippen molar-refractivity contribution in [3.8, 4) is 11.5 Å². The minimum atomic E-state index is -0.407. The number of aromatic hydroxyl groups is 1. The number of hydrogen-bond acceptors (Lipinski definition) is 4. The van der Waals surface area contributed by atoms with Gasteiger partial charge in [0, 0.05) is 6.08 Å². The van der Waals surface area contributed by atoms with Gasteiger partial charge in [-0.3, -0.25) is 0 Å². The van der Waals surface area contributed by atoms with Crippen LogP contribution in [0.15, 0.2) is 47.6 Å². The highest BCUT2D eigenvalue weighted by atomic mass is 16.5. The van der Waals surface area contributed by atoms with Gasteiger partial charge in [0.15, 0.2) is 11.5 Å². The van der Waals surface area contributed by atoms with Crippen molar-refractivity contribution in [3.05, 3.63) is 53.1 Å². The quantitative estimate of drug-likeness (QED) is 0.428. The average molecular weight is 330 g/mol. The second kappa shape index (κ2) is 10.3. The minimum absolute atomic E-state index is 0.0611. The van der Waals surface area contributed by atoms with E-state index in [1.54, 1.807) is 18.2 Å². The van der Waals surface area contributed by atoms with Crippen molar-refractivity contribution < 1.29 is 19.4 Å². The first-order chi connectivity index (χ1) is 11.4. The molecule has 130 valence electrons. The van der Waals surface area contributed by atoms with Crippen LogP contribution < -0.4 is 4.74 Å². The van der Waals surface area contributed by atoms with Gasteiger partial charge in [0.05, 0.1) is 7.11 Å². The molecule has 0 aromatic heterocycles. The zero-order valence-corrected chi connectivity index (χ0v) is 14.8. The standard InChI is InChI=1S/C20H26O4/c1-15(2)6-5-7-16(3)12-13-24-20(22)11-9-17-8-10-18(21)19(14-17)23-4/h6,8-12,14,21H,5,7,13H2,1-4H3/b11-9+,16-12-. The number of phenolic OH excluding ortho intramolecular Hbond substituents is 1. The summed E-state index contributed by atoms with van der Waals surface area (Å²) in [6.45, 7) is 6.46. The number of carbonyl (C=O) groups excluding carboxylic acids is 1. The normalized spacial score (nSPS) is 11.4. The molecule has 1 N–H and O–H groups in total. The summed E-state index contributed by atoms with van der Waals surface area (Å²) in [4.78, 5) is 11.7. The van der Waals surface area contributed by atoms with Gasteiger partial charge in [-0.15, -0.1) is 0 Å². The molecular weight excluding hydrogens is 304 g/mol. The molecule has 0 unspecified atom stereocenters. The summed E-state index contributed by atoms with van der Waals surface area (Å²) in [5, 5.41) is 9.52. The van der Waals surface area contributed by atoms with Crippen molar-refractivity contribution in [2.45, 2.75) is 33.6 Å². The molecule has 0 amide bonds. The van der Waals surface area contributed by atoms with E-state index in [1.165, 1.54) is 30.4 Å². The molecule has 4 heteroatoms. The third-order valence-corrected chi connectivity index (χ3v) is 3.36. The topological polar surface area (TPSA) is 55.8 Å². The maximum absolute atomic E-state index is 11.7.